The van der Waals surface area contributed by atoms with E-state index in [-0.39, 0.29) is 0 Å². The zero-order chi connectivity index (χ0) is 20.7. The predicted octanol–water partition coefficient (Wildman–Crippen LogP) is 4.72. The Bertz CT molecular complexity index is 798. The van der Waals surface area contributed by atoms with E-state index in [2.05, 4.69) is 5.32 Å². The smallest absolute Gasteiger partial charge is 0.412 e. The van der Waals surface area contributed by atoms with Gasteiger partial charge in [0.2, 0.25) is 0 Å². The van der Waals surface area contributed by atoms with Crippen LogP contribution in [-0.4, -0.2) is 31.0 Å². The average Bonchev–Trinajstić information content (AvgIpc) is 2.64. The molecule has 0 radical (unpaired) electrons. The van der Waals surface area contributed by atoms with Crippen LogP contribution in [0.25, 0.3) is 0 Å². The largest absolute Gasteiger partial charge is 0.493 e. The van der Waals surface area contributed by atoms with Crippen molar-refractivity contribution in [3.8, 4) is 11.5 Å². The number of hydrogen-bond donors (Lipinski definition) is 2. The van der Waals surface area contributed by atoms with Gasteiger partial charge >= 0.3 is 6.09 Å². The van der Waals surface area contributed by atoms with Crippen LogP contribution in [0.5, 0.6) is 11.5 Å². The normalized spacial score (nSPS) is 12.2. The van der Waals surface area contributed by atoms with Crippen molar-refractivity contribution >= 4 is 11.8 Å². The molecule has 2 rings (SSSR count). The van der Waals surface area contributed by atoms with Crippen LogP contribution in [0, 0.1) is 0 Å². The second-order valence-electron chi connectivity index (χ2n) is 7.50. The standard InChI is InChI=1S/C22H29NO5/c1-22(2,3)28-21(25)23-17-8-6-7-16(14-17)18(24)11-9-15-10-12-19(26-4)20(13-15)27-5/h6-8,10,12-14,18,24H,9,11H2,1-5H3,(H,23,25). The van der Waals surface area contributed by atoms with Crippen molar-refractivity contribution in [2.75, 3.05) is 19.5 Å². The number of carbonyl (C=O) groups excluding carboxylic acids is 1. The molecule has 28 heavy (non-hydrogen) atoms. The highest BCUT2D eigenvalue weighted by Gasteiger charge is 2.17. The summed E-state index contributed by atoms with van der Waals surface area (Å²) in [4.78, 5) is 11.9. The maximum Gasteiger partial charge on any atom is 0.412 e. The molecule has 0 bridgehead atoms. The van der Waals surface area contributed by atoms with E-state index in [0.29, 0.717) is 30.0 Å². The zero-order valence-electron chi connectivity index (χ0n) is 17.1. The van der Waals surface area contributed by atoms with Gasteiger partial charge in [-0.3, -0.25) is 5.32 Å². The molecule has 0 aliphatic carbocycles. The molecule has 0 saturated carbocycles. The number of carbonyl (C=O) groups is 1. The Hall–Kier alpha value is -2.73. The second kappa shape index (κ2) is 9.46. The first-order valence-corrected chi connectivity index (χ1v) is 9.21. The number of rotatable bonds is 7. The van der Waals surface area contributed by atoms with Gasteiger partial charge in [-0.1, -0.05) is 18.2 Å². The Morgan fingerprint density at radius 2 is 1.79 bits per heavy atom. The molecule has 6 nitrogen and oxygen atoms in total. The van der Waals surface area contributed by atoms with Gasteiger partial charge in [0.05, 0.1) is 20.3 Å². The molecule has 0 saturated heterocycles. The fraction of sp³-hybridized carbons (Fsp3) is 0.409. The molecular weight excluding hydrogens is 358 g/mol. The third kappa shape index (κ3) is 6.46. The Balaban J connectivity index is 1.99. The maximum atomic E-state index is 11.9. The van der Waals surface area contributed by atoms with Gasteiger partial charge < -0.3 is 19.3 Å². The Morgan fingerprint density at radius 1 is 1.07 bits per heavy atom. The third-order valence-electron chi connectivity index (χ3n) is 4.07. The summed E-state index contributed by atoms with van der Waals surface area (Å²) < 4.78 is 15.8. The lowest BCUT2D eigenvalue weighted by Crippen LogP contribution is -2.27. The molecule has 1 amide bonds. The molecular formula is C22H29NO5. The van der Waals surface area contributed by atoms with E-state index in [4.69, 9.17) is 14.2 Å². The average molecular weight is 387 g/mol. The lowest BCUT2D eigenvalue weighted by molar-refractivity contribution is 0.0636. The minimum atomic E-state index is -0.659. The number of hydrogen-bond acceptors (Lipinski definition) is 5. The summed E-state index contributed by atoms with van der Waals surface area (Å²) >= 11 is 0. The highest BCUT2D eigenvalue weighted by atomic mass is 16.6. The van der Waals surface area contributed by atoms with Crippen molar-refractivity contribution in [1.29, 1.82) is 0 Å². The van der Waals surface area contributed by atoms with Gasteiger partial charge in [0, 0.05) is 5.69 Å². The molecule has 1 unspecified atom stereocenters. The Morgan fingerprint density at radius 3 is 2.43 bits per heavy atom. The van der Waals surface area contributed by atoms with Crippen LogP contribution in [0.15, 0.2) is 42.5 Å². The number of aryl methyl sites for hydroxylation is 1. The number of nitrogens with one attached hydrogen (secondary N) is 1. The number of aliphatic hydroxyl groups is 1. The summed E-state index contributed by atoms with van der Waals surface area (Å²) in [7, 11) is 3.19. The van der Waals surface area contributed by atoms with Crippen LogP contribution < -0.4 is 14.8 Å². The van der Waals surface area contributed by atoms with Crippen LogP contribution in [0.4, 0.5) is 10.5 Å². The summed E-state index contributed by atoms with van der Waals surface area (Å²) in [5.74, 6) is 1.34. The van der Waals surface area contributed by atoms with Gasteiger partial charge in [0.1, 0.15) is 5.60 Å². The van der Waals surface area contributed by atoms with E-state index in [1.54, 1.807) is 53.2 Å². The Labute approximate surface area is 166 Å². The highest BCUT2D eigenvalue weighted by molar-refractivity contribution is 5.84. The molecule has 0 fully saturated rings. The van der Waals surface area contributed by atoms with E-state index in [0.717, 1.165) is 11.1 Å². The quantitative estimate of drug-likeness (QED) is 0.719. The summed E-state index contributed by atoms with van der Waals surface area (Å²) in [6.07, 6.45) is 0.0225. The van der Waals surface area contributed by atoms with Crippen LogP contribution in [0.3, 0.4) is 0 Å². The molecule has 0 spiro atoms. The minimum absolute atomic E-state index is 0.524. The van der Waals surface area contributed by atoms with Gasteiger partial charge in [-0.2, -0.15) is 0 Å². The van der Waals surface area contributed by atoms with Crippen molar-refractivity contribution in [2.24, 2.45) is 0 Å². The number of aliphatic hydroxyl groups excluding tert-OH is 1. The van der Waals surface area contributed by atoms with Crippen molar-refractivity contribution in [3.05, 3.63) is 53.6 Å². The van der Waals surface area contributed by atoms with E-state index >= 15 is 0 Å². The summed E-state index contributed by atoms with van der Waals surface area (Å²) in [5.41, 5.74) is 1.78. The molecule has 6 heteroatoms. The molecule has 0 aromatic heterocycles. The first-order chi connectivity index (χ1) is 13.2. The Kier molecular flexibility index (Phi) is 7.29. The fourth-order valence-electron chi connectivity index (χ4n) is 2.75. The predicted molar refractivity (Wildman–Crippen MR) is 109 cm³/mol. The molecule has 152 valence electrons. The van der Waals surface area contributed by atoms with Gasteiger partial charge in [-0.05, 0) is 69.0 Å². The lowest BCUT2D eigenvalue weighted by atomic mass is 10.0. The van der Waals surface area contributed by atoms with E-state index < -0.39 is 17.8 Å². The first kappa shape index (κ1) is 21.6. The number of methoxy groups -OCH3 is 2. The van der Waals surface area contributed by atoms with Crippen LogP contribution in [0.1, 0.15) is 44.4 Å². The summed E-state index contributed by atoms with van der Waals surface area (Å²) in [6, 6.07) is 12.9. The van der Waals surface area contributed by atoms with E-state index in [1.807, 2.05) is 24.3 Å². The van der Waals surface area contributed by atoms with Crippen molar-refractivity contribution < 1.29 is 24.1 Å². The minimum Gasteiger partial charge on any atom is -0.493 e. The van der Waals surface area contributed by atoms with E-state index in [9.17, 15) is 9.90 Å². The third-order valence-corrected chi connectivity index (χ3v) is 4.07. The molecule has 2 aromatic rings. The topological polar surface area (TPSA) is 77.0 Å². The first-order valence-electron chi connectivity index (χ1n) is 9.21. The van der Waals surface area contributed by atoms with Gasteiger partial charge in [-0.25, -0.2) is 4.79 Å². The maximum absolute atomic E-state index is 11.9. The van der Waals surface area contributed by atoms with Crippen LogP contribution >= 0.6 is 0 Å². The van der Waals surface area contributed by atoms with Crippen LogP contribution in [0.2, 0.25) is 0 Å². The molecule has 0 aliphatic heterocycles. The fourth-order valence-corrected chi connectivity index (χ4v) is 2.75. The van der Waals surface area contributed by atoms with Gasteiger partial charge in [0.15, 0.2) is 11.5 Å². The number of amides is 1. The summed E-state index contributed by atoms with van der Waals surface area (Å²) in [5, 5.41) is 13.2. The highest BCUT2D eigenvalue weighted by Crippen LogP contribution is 2.29. The van der Waals surface area contributed by atoms with Crippen LogP contribution in [-0.2, 0) is 11.2 Å². The molecule has 0 heterocycles. The monoisotopic (exact) mass is 387 g/mol. The number of ether oxygens (including phenoxy) is 3. The van der Waals surface area contributed by atoms with E-state index in [1.165, 1.54) is 0 Å². The van der Waals surface area contributed by atoms with Gasteiger partial charge in [-0.15, -0.1) is 0 Å². The lowest BCUT2D eigenvalue weighted by Gasteiger charge is -2.20. The van der Waals surface area contributed by atoms with Crippen molar-refractivity contribution in [2.45, 2.75) is 45.3 Å². The molecule has 0 aliphatic rings. The van der Waals surface area contributed by atoms with Crippen molar-refractivity contribution in [3.63, 3.8) is 0 Å². The van der Waals surface area contributed by atoms with Crippen molar-refractivity contribution in [1.82, 2.24) is 0 Å². The molecule has 2 N–H and O–H groups in total. The number of anilines is 1. The zero-order valence-corrected chi connectivity index (χ0v) is 17.1. The molecule has 2 aromatic carbocycles. The summed E-state index contributed by atoms with van der Waals surface area (Å²) in [6.45, 7) is 5.42. The SMILES string of the molecule is COc1ccc(CCC(O)c2cccc(NC(=O)OC(C)(C)C)c2)cc1OC. The number of benzene rings is 2. The molecule has 1 atom stereocenters. The second-order valence-corrected chi connectivity index (χ2v) is 7.50. The van der Waals surface area contributed by atoms with Gasteiger partial charge in [0.25, 0.3) is 0 Å².